The van der Waals surface area contributed by atoms with Crippen LogP contribution >= 0.6 is 11.6 Å². The molecule has 130 valence electrons. The van der Waals surface area contributed by atoms with Crippen LogP contribution in [0.4, 0.5) is 4.39 Å². The maximum Gasteiger partial charge on any atom is 0.258 e. The maximum atomic E-state index is 13.1. The van der Waals surface area contributed by atoms with Crippen molar-refractivity contribution in [1.82, 2.24) is 15.3 Å². The third kappa shape index (κ3) is 4.06. The molecule has 4 nitrogen and oxygen atoms in total. The van der Waals surface area contributed by atoms with Crippen molar-refractivity contribution in [2.24, 2.45) is 5.92 Å². The first-order chi connectivity index (χ1) is 11.9. The number of nitrogens with zero attached hydrogens (tertiary/aromatic N) is 1. The number of hydrogen-bond donors (Lipinski definition) is 2. The van der Waals surface area contributed by atoms with Gasteiger partial charge in [-0.05, 0) is 41.8 Å². The molecule has 6 heteroatoms. The minimum atomic E-state index is -0.260. The highest BCUT2D eigenvalue weighted by atomic mass is 35.5. The fraction of sp³-hybridized carbons (Fsp3) is 0.263. The van der Waals surface area contributed by atoms with E-state index in [0.717, 1.165) is 5.56 Å². The van der Waals surface area contributed by atoms with E-state index in [1.165, 1.54) is 12.1 Å². The summed E-state index contributed by atoms with van der Waals surface area (Å²) in [6.07, 6.45) is 0. The summed E-state index contributed by atoms with van der Waals surface area (Å²) in [5.41, 5.74) is 1.36. The second-order valence-corrected chi connectivity index (χ2v) is 6.76. The largest absolute Gasteiger partial charge is 0.309 e. The third-order valence-electron chi connectivity index (χ3n) is 4.10. The Kier molecular flexibility index (Phi) is 5.16. The van der Waals surface area contributed by atoms with Crippen molar-refractivity contribution in [3.63, 3.8) is 0 Å². The molecule has 2 N–H and O–H groups in total. The summed E-state index contributed by atoms with van der Waals surface area (Å²) in [7, 11) is 0. The van der Waals surface area contributed by atoms with E-state index < -0.39 is 0 Å². The van der Waals surface area contributed by atoms with Gasteiger partial charge in [-0.25, -0.2) is 9.37 Å². The van der Waals surface area contributed by atoms with Crippen LogP contribution in [0.15, 0.2) is 47.3 Å². The molecule has 0 amide bonds. The van der Waals surface area contributed by atoms with Crippen molar-refractivity contribution < 1.29 is 4.39 Å². The number of H-pyrrole nitrogens is 1. The van der Waals surface area contributed by atoms with E-state index in [1.54, 1.807) is 30.3 Å². The summed E-state index contributed by atoms with van der Waals surface area (Å²) in [6.45, 7) is 4.55. The number of aromatic amines is 1. The molecule has 1 atom stereocenters. The van der Waals surface area contributed by atoms with Gasteiger partial charge in [0.1, 0.15) is 11.6 Å². The van der Waals surface area contributed by atoms with Gasteiger partial charge in [-0.1, -0.05) is 37.6 Å². The summed E-state index contributed by atoms with van der Waals surface area (Å²) in [4.78, 5) is 19.5. The zero-order chi connectivity index (χ0) is 18.0. The molecular formula is C19H19ClFN3O. The first kappa shape index (κ1) is 17.6. The summed E-state index contributed by atoms with van der Waals surface area (Å²) in [5.74, 6) is 0.559. The quantitative estimate of drug-likeness (QED) is 0.717. The summed E-state index contributed by atoms with van der Waals surface area (Å²) < 4.78 is 13.1. The number of aromatic nitrogens is 2. The predicted molar refractivity (Wildman–Crippen MR) is 98.2 cm³/mol. The highest BCUT2D eigenvalue weighted by Gasteiger charge is 2.16. The molecule has 0 aliphatic carbocycles. The third-order valence-corrected chi connectivity index (χ3v) is 4.34. The molecule has 0 radical (unpaired) electrons. The lowest BCUT2D eigenvalue weighted by atomic mass is 9.96. The smallest absolute Gasteiger partial charge is 0.258 e. The molecule has 3 aromatic rings. The average Bonchev–Trinajstić information content (AvgIpc) is 2.56. The topological polar surface area (TPSA) is 57.8 Å². The van der Waals surface area contributed by atoms with Crippen LogP contribution in [0, 0.1) is 11.7 Å². The number of benzene rings is 2. The molecule has 0 bridgehead atoms. The minimum Gasteiger partial charge on any atom is -0.309 e. The fourth-order valence-corrected chi connectivity index (χ4v) is 3.03. The Labute approximate surface area is 150 Å². The highest BCUT2D eigenvalue weighted by molar-refractivity contribution is 6.31. The van der Waals surface area contributed by atoms with Crippen molar-refractivity contribution in [2.45, 2.75) is 26.4 Å². The zero-order valence-corrected chi connectivity index (χ0v) is 14.8. The maximum absolute atomic E-state index is 13.1. The molecular weight excluding hydrogens is 341 g/mol. The van der Waals surface area contributed by atoms with Gasteiger partial charge in [-0.15, -0.1) is 0 Å². The van der Waals surface area contributed by atoms with E-state index in [0.29, 0.717) is 28.3 Å². The van der Waals surface area contributed by atoms with E-state index in [9.17, 15) is 9.18 Å². The molecule has 25 heavy (non-hydrogen) atoms. The van der Waals surface area contributed by atoms with Gasteiger partial charge >= 0.3 is 0 Å². The first-order valence-electron chi connectivity index (χ1n) is 8.11. The molecule has 0 fully saturated rings. The Hall–Kier alpha value is -2.24. The molecule has 1 unspecified atom stereocenters. The van der Waals surface area contributed by atoms with Crippen LogP contribution in [0.5, 0.6) is 0 Å². The molecule has 2 aromatic carbocycles. The molecule has 1 aromatic heterocycles. The summed E-state index contributed by atoms with van der Waals surface area (Å²) in [5, 5.41) is 4.43. The normalized spacial score (nSPS) is 12.7. The van der Waals surface area contributed by atoms with Crippen LogP contribution in [0.2, 0.25) is 5.02 Å². The van der Waals surface area contributed by atoms with Gasteiger partial charge in [-0.2, -0.15) is 0 Å². The Morgan fingerprint density at radius 1 is 1.20 bits per heavy atom. The Bertz CT molecular complexity index is 938. The van der Waals surface area contributed by atoms with Crippen molar-refractivity contribution in [2.75, 3.05) is 0 Å². The summed E-state index contributed by atoms with van der Waals surface area (Å²) in [6, 6.07) is 11.5. The highest BCUT2D eigenvalue weighted by Crippen LogP contribution is 2.22. The summed E-state index contributed by atoms with van der Waals surface area (Å²) >= 11 is 5.99. The van der Waals surface area contributed by atoms with Crippen LogP contribution in [0.1, 0.15) is 31.3 Å². The number of fused-ring (bicyclic) bond motifs is 1. The van der Waals surface area contributed by atoms with E-state index in [2.05, 4.69) is 29.1 Å². The molecule has 1 heterocycles. The van der Waals surface area contributed by atoms with Gasteiger partial charge < -0.3 is 10.3 Å². The van der Waals surface area contributed by atoms with E-state index in [1.807, 2.05) is 0 Å². The number of hydrogen-bond acceptors (Lipinski definition) is 3. The van der Waals surface area contributed by atoms with Crippen molar-refractivity contribution >= 4 is 22.5 Å². The van der Waals surface area contributed by atoms with Crippen LogP contribution in [0.25, 0.3) is 10.9 Å². The molecule has 0 saturated heterocycles. The number of rotatable bonds is 5. The lowest BCUT2D eigenvalue weighted by Crippen LogP contribution is -2.27. The van der Waals surface area contributed by atoms with Gasteiger partial charge in [0.25, 0.3) is 5.56 Å². The number of halogens is 2. The predicted octanol–water partition coefficient (Wildman–Crippen LogP) is 4.20. The standard InChI is InChI=1S/C19H19ClFN3O/c1-11(2)18(12-3-6-14(21)7-4-12)22-10-17-23-16-9-13(20)5-8-15(16)19(25)24-17/h3-9,11,18,22H,10H2,1-2H3,(H,23,24,25). The van der Waals surface area contributed by atoms with Crippen molar-refractivity contribution in [1.29, 1.82) is 0 Å². The lowest BCUT2D eigenvalue weighted by molar-refractivity contribution is 0.405. The van der Waals surface area contributed by atoms with Gasteiger partial charge in [0.2, 0.25) is 0 Å². The molecule has 0 aliphatic heterocycles. The van der Waals surface area contributed by atoms with Gasteiger partial charge in [-0.3, -0.25) is 4.79 Å². The second-order valence-electron chi connectivity index (χ2n) is 6.33. The van der Waals surface area contributed by atoms with E-state index in [4.69, 9.17) is 11.6 Å². The van der Waals surface area contributed by atoms with Gasteiger partial charge in [0.05, 0.1) is 17.4 Å². The van der Waals surface area contributed by atoms with Gasteiger partial charge in [0.15, 0.2) is 0 Å². The fourth-order valence-electron chi connectivity index (χ4n) is 2.86. The van der Waals surface area contributed by atoms with Crippen LogP contribution in [-0.4, -0.2) is 9.97 Å². The van der Waals surface area contributed by atoms with Crippen LogP contribution < -0.4 is 10.9 Å². The zero-order valence-electron chi connectivity index (χ0n) is 14.0. The Morgan fingerprint density at radius 3 is 2.60 bits per heavy atom. The molecule has 3 rings (SSSR count). The lowest BCUT2D eigenvalue weighted by Gasteiger charge is -2.23. The molecule has 0 aliphatic rings. The molecule has 0 spiro atoms. The average molecular weight is 360 g/mol. The van der Waals surface area contributed by atoms with E-state index >= 15 is 0 Å². The minimum absolute atomic E-state index is 0.0148. The van der Waals surface area contributed by atoms with Crippen molar-refractivity contribution in [3.8, 4) is 0 Å². The SMILES string of the molecule is CC(C)C(NCc1nc2cc(Cl)ccc2c(=O)[nH]1)c1ccc(F)cc1. The van der Waals surface area contributed by atoms with Crippen LogP contribution in [-0.2, 0) is 6.54 Å². The number of nitrogens with one attached hydrogen (secondary N) is 2. The second kappa shape index (κ2) is 7.33. The monoisotopic (exact) mass is 359 g/mol. The first-order valence-corrected chi connectivity index (χ1v) is 8.49. The van der Waals surface area contributed by atoms with Crippen LogP contribution in [0.3, 0.4) is 0 Å². The van der Waals surface area contributed by atoms with Crippen molar-refractivity contribution in [3.05, 3.63) is 75.0 Å². The Balaban J connectivity index is 1.84. The Morgan fingerprint density at radius 2 is 1.92 bits per heavy atom. The molecule has 0 saturated carbocycles. The van der Waals surface area contributed by atoms with Gasteiger partial charge in [0, 0.05) is 11.1 Å². The van der Waals surface area contributed by atoms with E-state index in [-0.39, 0.29) is 23.3 Å².